The van der Waals surface area contributed by atoms with Crippen LogP contribution in [0.25, 0.3) is 0 Å². The Morgan fingerprint density at radius 2 is 2.23 bits per heavy atom. The molecule has 6 nitrogen and oxygen atoms in total. The molecule has 138 valence electrons. The zero-order valence-corrected chi connectivity index (χ0v) is 15.2. The van der Waals surface area contributed by atoms with Gasteiger partial charge in [0.1, 0.15) is 18.1 Å². The molecule has 0 aliphatic carbocycles. The highest BCUT2D eigenvalue weighted by molar-refractivity contribution is 6.33. The van der Waals surface area contributed by atoms with Crippen molar-refractivity contribution in [2.75, 3.05) is 31.4 Å². The molecule has 1 aliphatic rings. The molecule has 1 amide bonds. The minimum atomic E-state index is -0.347. The van der Waals surface area contributed by atoms with Gasteiger partial charge in [-0.25, -0.2) is 0 Å². The summed E-state index contributed by atoms with van der Waals surface area (Å²) in [5, 5.41) is 3.11. The van der Waals surface area contributed by atoms with Gasteiger partial charge < -0.3 is 25.3 Å². The van der Waals surface area contributed by atoms with Crippen molar-refractivity contribution < 1.29 is 19.0 Å². The maximum Gasteiger partial charge on any atom is 0.259 e. The summed E-state index contributed by atoms with van der Waals surface area (Å²) in [5.74, 6) is 0.677. The lowest BCUT2D eigenvalue weighted by Gasteiger charge is -2.13. The molecule has 1 atom stereocenters. The summed E-state index contributed by atoms with van der Waals surface area (Å²) in [4.78, 5) is 12.6. The van der Waals surface area contributed by atoms with Crippen LogP contribution in [0.3, 0.4) is 0 Å². The fourth-order valence-electron chi connectivity index (χ4n) is 2.74. The van der Waals surface area contributed by atoms with Crippen molar-refractivity contribution in [3.63, 3.8) is 0 Å². The number of nitrogens with two attached hydrogens (primary N) is 1. The number of carbonyl (C=O) groups excluding carboxylic acids is 1. The van der Waals surface area contributed by atoms with E-state index in [9.17, 15) is 4.79 Å². The van der Waals surface area contributed by atoms with Gasteiger partial charge in [-0.3, -0.25) is 4.79 Å². The summed E-state index contributed by atoms with van der Waals surface area (Å²) in [6.45, 7) is 1.29. The van der Waals surface area contributed by atoms with Gasteiger partial charge in [-0.05, 0) is 31.0 Å². The number of anilines is 2. The first-order valence-electron chi connectivity index (χ1n) is 8.35. The summed E-state index contributed by atoms with van der Waals surface area (Å²) in [5.41, 5.74) is 7.01. The summed E-state index contributed by atoms with van der Waals surface area (Å²) < 4.78 is 16.5. The zero-order chi connectivity index (χ0) is 18.5. The predicted molar refractivity (Wildman–Crippen MR) is 101 cm³/mol. The Labute approximate surface area is 157 Å². The number of methoxy groups -OCH3 is 1. The number of benzene rings is 2. The molecular weight excluding hydrogens is 356 g/mol. The summed E-state index contributed by atoms with van der Waals surface area (Å²) in [6, 6.07) is 10.2. The molecule has 0 radical (unpaired) electrons. The van der Waals surface area contributed by atoms with Crippen LogP contribution in [0.2, 0.25) is 5.02 Å². The van der Waals surface area contributed by atoms with Crippen molar-refractivity contribution in [2.45, 2.75) is 18.9 Å². The number of hydrogen-bond acceptors (Lipinski definition) is 5. The number of halogens is 1. The van der Waals surface area contributed by atoms with E-state index in [0.29, 0.717) is 40.1 Å². The van der Waals surface area contributed by atoms with Gasteiger partial charge in [0.2, 0.25) is 0 Å². The molecule has 1 heterocycles. The Balaban J connectivity index is 1.69. The van der Waals surface area contributed by atoms with Crippen LogP contribution < -0.4 is 20.5 Å². The van der Waals surface area contributed by atoms with E-state index < -0.39 is 0 Å². The first kappa shape index (κ1) is 18.4. The van der Waals surface area contributed by atoms with Crippen molar-refractivity contribution in [3.8, 4) is 11.5 Å². The van der Waals surface area contributed by atoms with E-state index in [1.165, 1.54) is 19.2 Å². The minimum Gasteiger partial charge on any atom is -0.496 e. The molecule has 0 bridgehead atoms. The SMILES string of the molecule is COc1cc(N)c(Cl)cc1C(=O)Nc1cccc(OCC2CCCO2)c1. The van der Waals surface area contributed by atoms with Crippen LogP contribution in [0.4, 0.5) is 11.4 Å². The Morgan fingerprint density at radius 3 is 2.96 bits per heavy atom. The second-order valence-corrected chi connectivity index (χ2v) is 6.41. The van der Waals surface area contributed by atoms with Gasteiger partial charge in [-0.15, -0.1) is 0 Å². The lowest BCUT2D eigenvalue weighted by Crippen LogP contribution is -2.16. The monoisotopic (exact) mass is 376 g/mol. The topological polar surface area (TPSA) is 82.8 Å². The third-order valence-corrected chi connectivity index (χ3v) is 4.44. The van der Waals surface area contributed by atoms with E-state index in [1.807, 2.05) is 12.1 Å². The molecule has 7 heteroatoms. The number of hydrogen-bond donors (Lipinski definition) is 2. The van der Waals surface area contributed by atoms with Crippen LogP contribution in [-0.4, -0.2) is 32.3 Å². The zero-order valence-electron chi connectivity index (χ0n) is 14.5. The average Bonchev–Trinajstić information content (AvgIpc) is 3.15. The lowest BCUT2D eigenvalue weighted by atomic mass is 10.1. The highest BCUT2D eigenvalue weighted by Gasteiger charge is 2.17. The Morgan fingerprint density at radius 1 is 1.38 bits per heavy atom. The van der Waals surface area contributed by atoms with E-state index in [2.05, 4.69) is 5.32 Å². The maximum absolute atomic E-state index is 12.6. The van der Waals surface area contributed by atoms with Crippen LogP contribution in [0.5, 0.6) is 11.5 Å². The Bertz CT molecular complexity index is 791. The highest BCUT2D eigenvalue weighted by Crippen LogP contribution is 2.29. The predicted octanol–water partition coefficient (Wildman–Crippen LogP) is 3.74. The van der Waals surface area contributed by atoms with Gasteiger partial charge in [0, 0.05) is 24.4 Å². The van der Waals surface area contributed by atoms with Gasteiger partial charge in [-0.1, -0.05) is 17.7 Å². The smallest absolute Gasteiger partial charge is 0.259 e. The molecule has 26 heavy (non-hydrogen) atoms. The molecule has 1 unspecified atom stereocenters. The number of rotatable bonds is 6. The van der Waals surface area contributed by atoms with Crippen LogP contribution >= 0.6 is 11.6 Å². The van der Waals surface area contributed by atoms with E-state index in [0.717, 1.165) is 19.4 Å². The first-order chi connectivity index (χ1) is 12.6. The van der Waals surface area contributed by atoms with Crippen molar-refractivity contribution >= 4 is 28.9 Å². The molecule has 0 saturated carbocycles. The standard InChI is InChI=1S/C19H21ClN2O4/c1-24-18-10-17(21)16(20)9-15(18)19(23)22-12-4-2-5-13(8-12)26-11-14-6-3-7-25-14/h2,4-5,8-10,14H,3,6-7,11,21H2,1H3,(H,22,23). The fraction of sp³-hybridized carbons (Fsp3) is 0.316. The van der Waals surface area contributed by atoms with Crippen molar-refractivity contribution in [1.82, 2.24) is 0 Å². The van der Waals surface area contributed by atoms with Crippen molar-refractivity contribution in [3.05, 3.63) is 47.0 Å². The minimum absolute atomic E-state index is 0.134. The quantitative estimate of drug-likeness (QED) is 0.750. The largest absolute Gasteiger partial charge is 0.496 e. The molecule has 0 aromatic heterocycles. The van der Waals surface area contributed by atoms with E-state index in [-0.39, 0.29) is 12.0 Å². The van der Waals surface area contributed by atoms with E-state index in [4.69, 9.17) is 31.5 Å². The second kappa shape index (κ2) is 8.29. The Kier molecular flexibility index (Phi) is 5.85. The van der Waals surface area contributed by atoms with Gasteiger partial charge >= 0.3 is 0 Å². The number of amides is 1. The van der Waals surface area contributed by atoms with Gasteiger partial charge in [0.15, 0.2) is 0 Å². The van der Waals surface area contributed by atoms with Crippen LogP contribution in [0.15, 0.2) is 36.4 Å². The summed E-state index contributed by atoms with van der Waals surface area (Å²) in [6.07, 6.45) is 2.21. The van der Waals surface area contributed by atoms with Gasteiger partial charge in [0.05, 0.1) is 29.5 Å². The third-order valence-electron chi connectivity index (χ3n) is 4.12. The van der Waals surface area contributed by atoms with Crippen LogP contribution in [-0.2, 0) is 4.74 Å². The Hall–Kier alpha value is -2.44. The van der Waals surface area contributed by atoms with E-state index in [1.54, 1.807) is 12.1 Å². The van der Waals surface area contributed by atoms with Gasteiger partial charge in [-0.2, -0.15) is 0 Å². The molecule has 1 aliphatic heterocycles. The second-order valence-electron chi connectivity index (χ2n) is 6.00. The lowest BCUT2D eigenvalue weighted by molar-refractivity contribution is 0.0680. The van der Waals surface area contributed by atoms with Crippen molar-refractivity contribution in [2.24, 2.45) is 0 Å². The molecule has 2 aromatic carbocycles. The molecule has 3 N–H and O–H groups in total. The van der Waals surface area contributed by atoms with Gasteiger partial charge in [0.25, 0.3) is 5.91 Å². The summed E-state index contributed by atoms with van der Waals surface area (Å²) >= 11 is 6.03. The molecule has 1 fully saturated rings. The molecule has 2 aromatic rings. The molecule has 1 saturated heterocycles. The van der Waals surface area contributed by atoms with Crippen molar-refractivity contribution in [1.29, 1.82) is 0 Å². The first-order valence-corrected chi connectivity index (χ1v) is 8.73. The molecule has 3 rings (SSSR count). The number of nitrogen functional groups attached to an aromatic ring is 1. The number of carbonyl (C=O) groups is 1. The number of nitrogens with one attached hydrogen (secondary N) is 1. The normalized spacial score (nSPS) is 16.3. The average molecular weight is 377 g/mol. The number of ether oxygens (including phenoxy) is 3. The molecule has 0 spiro atoms. The summed E-state index contributed by atoms with van der Waals surface area (Å²) in [7, 11) is 1.47. The third kappa shape index (κ3) is 4.39. The maximum atomic E-state index is 12.6. The van der Waals surface area contributed by atoms with Crippen LogP contribution in [0, 0.1) is 0 Å². The highest BCUT2D eigenvalue weighted by atomic mass is 35.5. The van der Waals surface area contributed by atoms with E-state index >= 15 is 0 Å². The fourth-order valence-corrected chi connectivity index (χ4v) is 2.91. The molecular formula is C19H21ClN2O4. The van der Waals surface area contributed by atoms with Crippen LogP contribution in [0.1, 0.15) is 23.2 Å².